The number of halogens is 8. The summed E-state index contributed by atoms with van der Waals surface area (Å²) in [6, 6.07) is 0. The van der Waals surface area contributed by atoms with Crippen LogP contribution in [0.2, 0.25) is 0 Å². The second-order valence-electron chi connectivity index (χ2n) is 3.49. The average Bonchev–Trinajstić information content (AvgIpc) is 2.27. The van der Waals surface area contributed by atoms with E-state index in [1.54, 1.807) is 6.19 Å². The molecule has 0 aliphatic carbocycles. The summed E-state index contributed by atoms with van der Waals surface area (Å²) in [4.78, 5) is 3.65. The molecule has 0 N–H and O–H groups in total. The highest BCUT2D eigenvalue weighted by molar-refractivity contribution is 9.13. The van der Waals surface area contributed by atoms with E-state index in [4.69, 9.17) is 51.7 Å². The summed E-state index contributed by atoms with van der Waals surface area (Å²) in [5.74, 6) is 0.786. The normalized spacial score (nSPS) is 24.0. The van der Waals surface area contributed by atoms with Crippen LogP contribution < -0.4 is 0 Å². The molecule has 0 fully saturated rings. The standard InChI is InChI=1S/C8H8Br4Cl4N2S2/c9-4(13)7(11,15)1-20(6(19)18-3-17)2-8(12,16)5(10)14/h4-5,20H,1-2H2,(H,18,19). The van der Waals surface area contributed by atoms with Crippen molar-refractivity contribution >= 4 is 138 Å². The van der Waals surface area contributed by atoms with Gasteiger partial charge in [-0.2, -0.15) is 21.1 Å². The molecule has 0 saturated carbocycles. The van der Waals surface area contributed by atoms with Gasteiger partial charge in [-0.3, -0.25) is 0 Å². The zero-order chi connectivity index (χ0) is 16.1. The topological polar surface area (TPSA) is 36.1 Å². The fourth-order valence-electron chi connectivity index (χ4n) is 0.960. The molecule has 0 amide bonds. The molecule has 0 rings (SSSR count). The minimum absolute atomic E-state index is 0.367. The number of hydrogen-bond donors (Lipinski definition) is 2. The molecule has 0 spiro atoms. The first-order valence-electron chi connectivity index (χ1n) is 4.66. The average molecular weight is 658 g/mol. The minimum atomic E-state index is -1.06. The van der Waals surface area contributed by atoms with E-state index in [0.717, 1.165) is 0 Å². The van der Waals surface area contributed by atoms with Gasteiger partial charge in [0.15, 0.2) is 0 Å². The summed E-state index contributed by atoms with van der Waals surface area (Å²) >= 11 is 41.9. The third-order valence-corrected chi connectivity index (χ3v) is 13.5. The van der Waals surface area contributed by atoms with Crippen molar-refractivity contribution in [3.05, 3.63) is 0 Å². The molecule has 0 heterocycles. The summed E-state index contributed by atoms with van der Waals surface area (Å²) in [7, 11) is -1.06. The van der Waals surface area contributed by atoms with Gasteiger partial charge in [0.1, 0.15) is 20.5 Å². The van der Waals surface area contributed by atoms with Crippen LogP contribution in [0.15, 0.2) is 4.99 Å². The Labute approximate surface area is 180 Å². The number of rotatable bonds is 6. The molecule has 12 heteroatoms. The van der Waals surface area contributed by atoms with Crippen LogP contribution in [0, 0.1) is 11.5 Å². The third-order valence-electron chi connectivity index (χ3n) is 1.87. The van der Waals surface area contributed by atoms with Gasteiger partial charge in [-0.15, -0.1) is 59.0 Å². The Hall–Kier alpha value is 2.94. The maximum atomic E-state index is 8.66. The maximum absolute atomic E-state index is 8.66. The molecular weight excluding hydrogens is 650 g/mol. The number of aliphatic imine (C=N–C) groups is 1. The first-order chi connectivity index (χ1) is 8.94. The lowest BCUT2D eigenvalue weighted by Gasteiger charge is -2.33. The van der Waals surface area contributed by atoms with Crippen LogP contribution in [-0.4, -0.2) is 32.0 Å². The number of nitriles is 1. The molecule has 0 aliphatic rings. The lowest BCUT2D eigenvalue weighted by Crippen LogP contribution is -2.33. The monoisotopic (exact) mass is 652 g/mol. The molecule has 0 radical (unpaired) electrons. The molecular formula is C8H8Br4Cl4N2S2. The smallest absolute Gasteiger partial charge is 0.198 e. The van der Waals surface area contributed by atoms with Crippen molar-refractivity contribution in [1.82, 2.24) is 0 Å². The van der Waals surface area contributed by atoms with E-state index in [2.05, 4.69) is 81.3 Å². The van der Waals surface area contributed by atoms with Crippen LogP contribution in [0.25, 0.3) is 0 Å². The van der Waals surface area contributed by atoms with Crippen LogP contribution in [0.1, 0.15) is 0 Å². The van der Waals surface area contributed by atoms with Crippen LogP contribution in [0.5, 0.6) is 0 Å². The van der Waals surface area contributed by atoms with Crippen LogP contribution in [0.3, 0.4) is 0 Å². The van der Waals surface area contributed by atoms with Crippen LogP contribution in [-0.2, 0) is 0 Å². The Bertz CT molecular complexity index is 378. The predicted molar refractivity (Wildman–Crippen MR) is 113 cm³/mol. The molecule has 4 atom stereocenters. The van der Waals surface area contributed by atoms with Gasteiger partial charge in [0.25, 0.3) is 0 Å². The van der Waals surface area contributed by atoms with Gasteiger partial charge < -0.3 is 0 Å². The number of thiol groups is 2. The molecule has 0 aromatic heterocycles. The van der Waals surface area contributed by atoms with E-state index in [0.29, 0.717) is 15.9 Å². The van der Waals surface area contributed by atoms with E-state index in [9.17, 15) is 0 Å². The highest BCUT2D eigenvalue weighted by Crippen LogP contribution is 2.49. The van der Waals surface area contributed by atoms with Gasteiger partial charge in [0.2, 0.25) is 6.19 Å². The van der Waals surface area contributed by atoms with Crippen molar-refractivity contribution < 1.29 is 0 Å². The van der Waals surface area contributed by atoms with Crippen LogP contribution in [0.4, 0.5) is 0 Å². The highest BCUT2D eigenvalue weighted by atomic mass is 79.9. The van der Waals surface area contributed by atoms with Crippen molar-refractivity contribution in [3.8, 4) is 6.19 Å². The Morgan fingerprint density at radius 2 is 1.55 bits per heavy atom. The van der Waals surface area contributed by atoms with E-state index in [1.807, 2.05) is 0 Å². The van der Waals surface area contributed by atoms with Crippen molar-refractivity contribution in [2.75, 3.05) is 11.5 Å². The fourth-order valence-corrected chi connectivity index (χ4v) is 7.27. The van der Waals surface area contributed by atoms with Crippen molar-refractivity contribution in [1.29, 1.82) is 5.26 Å². The molecule has 20 heavy (non-hydrogen) atoms. The van der Waals surface area contributed by atoms with E-state index in [1.165, 1.54) is 0 Å². The van der Waals surface area contributed by atoms with Gasteiger partial charge in [-0.1, -0.05) is 63.7 Å². The Balaban J connectivity index is 5.23. The lowest BCUT2D eigenvalue weighted by molar-refractivity contribution is 0.995. The first-order valence-corrected chi connectivity index (χ1v) is 11.9. The number of alkyl halides is 8. The molecule has 4 unspecified atom stereocenters. The van der Waals surface area contributed by atoms with Crippen LogP contribution >= 0.6 is 134 Å². The quantitative estimate of drug-likeness (QED) is 0.113. The number of nitrogens with zero attached hydrogens (tertiary/aromatic N) is 2. The molecule has 0 aromatic rings. The molecule has 0 aromatic carbocycles. The summed E-state index contributed by atoms with van der Waals surface area (Å²) in [5, 5.41) is 8.66. The lowest BCUT2D eigenvalue weighted by atomic mass is 10.5. The highest BCUT2D eigenvalue weighted by Gasteiger charge is 2.39. The first kappa shape index (κ1) is 22.9. The minimum Gasteiger partial charge on any atom is -0.198 e. The molecule has 118 valence electrons. The predicted octanol–water partition coefficient (Wildman–Crippen LogP) is 6.33. The summed E-state index contributed by atoms with van der Waals surface area (Å²) in [6.07, 6.45) is 1.70. The van der Waals surface area contributed by atoms with Crippen molar-refractivity contribution in [2.45, 2.75) is 16.1 Å². The fraction of sp³-hybridized carbons (Fsp3) is 0.750. The zero-order valence-electron chi connectivity index (χ0n) is 9.38. The molecule has 0 saturated heterocycles. The Kier molecular flexibility index (Phi) is 11.5. The third kappa shape index (κ3) is 8.16. The molecule has 0 aliphatic heterocycles. The Morgan fingerprint density at radius 1 is 1.20 bits per heavy atom. The zero-order valence-corrected chi connectivity index (χ0v) is 20.5. The van der Waals surface area contributed by atoms with Gasteiger partial charge in [0, 0.05) is 11.5 Å². The van der Waals surface area contributed by atoms with Gasteiger partial charge in [-0.25, -0.2) is 0 Å². The largest absolute Gasteiger partial charge is 0.207 e. The second kappa shape index (κ2) is 10.0. The van der Waals surface area contributed by atoms with Crippen molar-refractivity contribution in [3.63, 3.8) is 0 Å². The Morgan fingerprint density at radius 3 is 1.80 bits per heavy atom. The van der Waals surface area contributed by atoms with E-state index in [-0.39, 0.29) is 0 Å². The summed E-state index contributed by atoms with van der Waals surface area (Å²) in [5.41, 5.74) is 0. The van der Waals surface area contributed by atoms with Gasteiger partial charge >= 0.3 is 0 Å². The summed E-state index contributed by atoms with van der Waals surface area (Å²) in [6.45, 7) is 0. The maximum Gasteiger partial charge on any atom is 0.207 e. The van der Waals surface area contributed by atoms with Crippen molar-refractivity contribution in [2.24, 2.45) is 4.99 Å². The van der Waals surface area contributed by atoms with E-state index < -0.39 is 27.0 Å². The van der Waals surface area contributed by atoms with Gasteiger partial charge in [0.05, 0.1) is 0 Å². The SMILES string of the molecule is N#CN=C(S)[SH](CC(Cl)(Br)C(Cl)Br)CC(Cl)(Br)C(Cl)Br. The number of hydrogen-bond acceptors (Lipinski definition) is 2. The summed E-state index contributed by atoms with van der Waals surface area (Å²) < 4.78 is -2.53. The molecule has 0 bridgehead atoms. The molecule has 2 nitrogen and oxygen atoms in total. The van der Waals surface area contributed by atoms with E-state index >= 15 is 0 Å². The van der Waals surface area contributed by atoms with Gasteiger partial charge in [-0.05, 0) is 0 Å². The second-order valence-corrected chi connectivity index (χ2v) is 15.3.